The minimum Gasteiger partial charge on any atom is -0.491 e. The maximum atomic E-state index is 11.5. The number of nitrogens with one attached hydrogen (secondary N) is 1. The number of ether oxygens (including phenoxy) is 1. The summed E-state index contributed by atoms with van der Waals surface area (Å²) in [6.45, 7) is 2.05. The molecule has 2 rings (SSSR count). The quantitative estimate of drug-likeness (QED) is 0.750. The SMILES string of the molecule is CC1COc2ccc(C(=O)O)cc2NC1=O. The van der Waals surface area contributed by atoms with Crippen molar-refractivity contribution < 1.29 is 19.4 Å². The van der Waals surface area contributed by atoms with Crippen LogP contribution < -0.4 is 10.1 Å². The van der Waals surface area contributed by atoms with Crippen molar-refractivity contribution in [3.05, 3.63) is 23.8 Å². The van der Waals surface area contributed by atoms with Gasteiger partial charge >= 0.3 is 5.97 Å². The van der Waals surface area contributed by atoms with Crippen molar-refractivity contribution in [3.63, 3.8) is 0 Å². The largest absolute Gasteiger partial charge is 0.491 e. The first-order chi connectivity index (χ1) is 7.58. The Kier molecular flexibility index (Phi) is 2.52. The number of carbonyl (C=O) groups excluding carboxylic acids is 1. The Balaban J connectivity index is 2.39. The van der Waals surface area contributed by atoms with Gasteiger partial charge in [-0.25, -0.2) is 4.79 Å². The van der Waals surface area contributed by atoms with E-state index in [2.05, 4.69) is 5.32 Å². The van der Waals surface area contributed by atoms with Gasteiger partial charge in [-0.15, -0.1) is 0 Å². The molecular weight excluding hydrogens is 210 g/mol. The van der Waals surface area contributed by atoms with Crippen molar-refractivity contribution in [2.24, 2.45) is 5.92 Å². The van der Waals surface area contributed by atoms with Gasteiger partial charge in [-0.05, 0) is 18.2 Å². The summed E-state index contributed by atoms with van der Waals surface area (Å²) in [5, 5.41) is 11.5. The average molecular weight is 221 g/mol. The fraction of sp³-hybridized carbons (Fsp3) is 0.273. The Morgan fingerprint density at radius 3 is 3.00 bits per heavy atom. The Hall–Kier alpha value is -2.04. The fourth-order valence-electron chi connectivity index (χ4n) is 1.43. The maximum absolute atomic E-state index is 11.5. The molecule has 5 heteroatoms. The fourth-order valence-corrected chi connectivity index (χ4v) is 1.43. The van der Waals surface area contributed by atoms with E-state index in [1.54, 1.807) is 13.0 Å². The van der Waals surface area contributed by atoms with Gasteiger partial charge in [-0.1, -0.05) is 6.92 Å². The van der Waals surface area contributed by atoms with Gasteiger partial charge in [0, 0.05) is 0 Å². The number of amides is 1. The highest BCUT2D eigenvalue weighted by Gasteiger charge is 2.21. The molecule has 1 heterocycles. The first kappa shape index (κ1) is 10.5. The van der Waals surface area contributed by atoms with Crippen LogP contribution in [0.2, 0.25) is 0 Å². The number of rotatable bonds is 1. The number of carboxylic acid groups (broad SMARTS) is 1. The summed E-state index contributed by atoms with van der Waals surface area (Å²) in [6, 6.07) is 4.40. The van der Waals surface area contributed by atoms with Crippen LogP contribution in [0.3, 0.4) is 0 Å². The van der Waals surface area contributed by atoms with Crippen molar-refractivity contribution in [2.75, 3.05) is 11.9 Å². The molecule has 0 radical (unpaired) electrons. The van der Waals surface area contributed by atoms with Crippen molar-refractivity contribution in [1.29, 1.82) is 0 Å². The highest BCUT2D eigenvalue weighted by atomic mass is 16.5. The lowest BCUT2D eigenvalue weighted by atomic mass is 10.1. The van der Waals surface area contributed by atoms with Gasteiger partial charge in [-0.2, -0.15) is 0 Å². The Labute approximate surface area is 92.0 Å². The molecule has 0 aromatic heterocycles. The predicted octanol–water partition coefficient (Wildman–Crippen LogP) is 1.35. The molecule has 1 aliphatic heterocycles. The summed E-state index contributed by atoms with van der Waals surface area (Å²) in [5.41, 5.74) is 0.534. The van der Waals surface area contributed by atoms with Crippen LogP contribution in [0.15, 0.2) is 18.2 Å². The zero-order valence-electron chi connectivity index (χ0n) is 8.69. The lowest BCUT2D eigenvalue weighted by Gasteiger charge is -2.07. The standard InChI is InChI=1S/C11H11NO4/c1-6-5-16-9-3-2-7(11(14)15)4-8(9)12-10(6)13/h2-4,6H,5H2,1H3,(H,12,13)(H,14,15). The molecule has 0 saturated heterocycles. The van der Waals surface area contributed by atoms with Gasteiger partial charge in [0.05, 0.1) is 23.8 Å². The van der Waals surface area contributed by atoms with Crippen LogP contribution in [-0.4, -0.2) is 23.6 Å². The summed E-state index contributed by atoms with van der Waals surface area (Å²) >= 11 is 0. The molecule has 0 saturated carbocycles. The zero-order chi connectivity index (χ0) is 11.7. The topological polar surface area (TPSA) is 75.6 Å². The zero-order valence-corrected chi connectivity index (χ0v) is 8.69. The maximum Gasteiger partial charge on any atom is 0.335 e. The van der Waals surface area contributed by atoms with E-state index in [4.69, 9.17) is 9.84 Å². The first-order valence-electron chi connectivity index (χ1n) is 4.89. The lowest BCUT2D eigenvalue weighted by molar-refractivity contribution is -0.119. The van der Waals surface area contributed by atoms with Crippen molar-refractivity contribution >= 4 is 17.6 Å². The molecule has 1 aliphatic rings. The van der Waals surface area contributed by atoms with Crippen LogP contribution in [0, 0.1) is 5.92 Å². The molecule has 1 atom stereocenters. The van der Waals surface area contributed by atoms with Gasteiger partial charge in [-0.3, -0.25) is 4.79 Å². The second-order valence-electron chi connectivity index (χ2n) is 3.72. The van der Waals surface area contributed by atoms with E-state index in [-0.39, 0.29) is 17.4 Å². The van der Waals surface area contributed by atoms with Crippen LogP contribution in [0.4, 0.5) is 5.69 Å². The summed E-state index contributed by atoms with van der Waals surface area (Å²) in [6.07, 6.45) is 0. The van der Waals surface area contributed by atoms with Gasteiger partial charge < -0.3 is 15.2 Å². The number of aromatic carboxylic acids is 1. The highest BCUT2D eigenvalue weighted by molar-refractivity contribution is 5.97. The third kappa shape index (κ3) is 1.84. The van der Waals surface area contributed by atoms with Crippen molar-refractivity contribution in [3.8, 4) is 5.75 Å². The normalized spacial score (nSPS) is 19.1. The summed E-state index contributed by atoms with van der Waals surface area (Å²) in [5.74, 6) is -0.945. The van der Waals surface area contributed by atoms with E-state index in [0.29, 0.717) is 18.0 Å². The van der Waals surface area contributed by atoms with Crippen LogP contribution in [0.25, 0.3) is 0 Å². The van der Waals surface area contributed by atoms with Crippen LogP contribution in [0.5, 0.6) is 5.75 Å². The molecule has 1 unspecified atom stereocenters. The number of carbonyl (C=O) groups is 2. The van der Waals surface area contributed by atoms with E-state index in [9.17, 15) is 9.59 Å². The molecule has 16 heavy (non-hydrogen) atoms. The molecule has 2 N–H and O–H groups in total. The molecule has 1 aromatic rings. The first-order valence-corrected chi connectivity index (χ1v) is 4.89. The van der Waals surface area contributed by atoms with Gasteiger partial charge in [0.1, 0.15) is 5.75 Å². The van der Waals surface area contributed by atoms with Gasteiger partial charge in [0.15, 0.2) is 0 Å². The number of hydrogen-bond acceptors (Lipinski definition) is 3. The smallest absolute Gasteiger partial charge is 0.335 e. The summed E-state index contributed by atoms with van der Waals surface area (Å²) in [4.78, 5) is 22.3. The highest BCUT2D eigenvalue weighted by Crippen LogP contribution is 2.29. The van der Waals surface area contributed by atoms with Gasteiger partial charge in [0.2, 0.25) is 5.91 Å². The van der Waals surface area contributed by atoms with Crippen molar-refractivity contribution in [1.82, 2.24) is 0 Å². The molecule has 0 aliphatic carbocycles. The van der Waals surface area contributed by atoms with Crippen LogP contribution in [-0.2, 0) is 4.79 Å². The molecule has 0 fully saturated rings. The second-order valence-corrected chi connectivity index (χ2v) is 3.72. The monoisotopic (exact) mass is 221 g/mol. The summed E-state index contributed by atoms with van der Waals surface area (Å²) < 4.78 is 5.39. The van der Waals surface area contributed by atoms with E-state index in [0.717, 1.165) is 0 Å². The van der Waals surface area contributed by atoms with Crippen LogP contribution >= 0.6 is 0 Å². The lowest BCUT2D eigenvalue weighted by Crippen LogP contribution is -2.22. The molecule has 1 aromatic carbocycles. The van der Waals surface area contributed by atoms with Gasteiger partial charge in [0.25, 0.3) is 0 Å². The number of fused-ring (bicyclic) bond motifs is 1. The third-order valence-electron chi connectivity index (χ3n) is 2.42. The Morgan fingerprint density at radius 1 is 1.56 bits per heavy atom. The van der Waals surface area contributed by atoms with Crippen molar-refractivity contribution in [2.45, 2.75) is 6.92 Å². The second kappa shape index (κ2) is 3.84. The van der Waals surface area contributed by atoms with E-state index in [1.165, 1.54) is 12.1 Å². The number of benzene rings is 1. The number of carboxylic acids is 1. The molecule has 5 nitrogen and oxygen atoms in total. The minimum absolute atomic E-state index is 0.122. The summed E-state index contributed by atoms with van der Waals surface area (Å²) in [7, 11) is 0. The van der Waals surface area contributed by atoms with E-state index >= 15 is 0 Å². The molecule has 0 bridgehead atoms. The number of hydrogen-bond donors (Lipinski definition) is 2. The molecule has 84 valence electrons. The van der Waals surface area contributed by atoms with E-state index < -0.39 is 5.97 Å². The average Bonchev–Trinajstić information content (AvgIpc) is 2.38. The minimum atomic E-state index is -1.03. The van der Waals surface area contributed by atoms with E-state index in [1.807, 2.05) is 0 Å². The van der Waals surface area contributed by atoms with Crippen LogP contribution in [0.1, 0.15) is 17.3 Å². The predicted molar refractivity (Wildman–Crippen MR) is 56.7 cm³/mol. The molecular formula is C11H11NO4. The Morgan fingerprint density at radius 2 is 2.31 bits per heavy atom. The Bertz CT molecular complexity index is 455. The molecule has 0 spiro atoms. The number of anilines is 1. The third-order valence-corrected chi connectivity index (χ3v) is 2.42. The molecule has 1 amide bonds.